The van der Waals surface area contributed by atoms with Crippen molar-refractivity contribution in [1.29, 1.82) is 5.26 Å². The molecule has 4 heterocycles. The molecule has 0 bridgehead atoms. The number of benzene rings is 1. The Labute approximate surface area is 227 Å². The van der Waals surface area contributed by atoms with E-state index in [1.807, 2.05) is 17.2 Å². The van der Waals surface area contributed by atoms with Crippen molar-refractivity contribution in [3.05, 3.63) is 57.2 Å². The molecule has 37 heavy (non-hydrogen) atoms. The van der Waals surface area contributed by atoms with Crippen molar-refractivity contribution in [3.63, 3.8) is 0 Å². The lowest BCUT2D eigenvalue weighted by Gasteiger charge is -2.47. The fourth-order valence-corrected chi connectivity index (χ4v) is 6.11. The first kappa shape index (κ1) is 25.8. The van der Waals surface area contributed by atoms with Crippen LogP contribution in [0.3, 0.4) is 0 Å². The minimum atomic E-state index is -0.0912. The van der Waals surface area contributed by atoms with Gasteiger partial charge in [-0.15, -0.1) is 0 Å². The van der Waals surface area contributed by atoms with Crippen LogP contribution in [0, 0.1) is 11.3 Å². The number of piperazine rings is 1. The first-order chi connectivity index (χ1) is 18.0. The molecule has 10 heteroatoms. The third-order valence-electron chi connectivity index (χ3n) is 7.62. The van der Waals surface area contributed by atoms with Crippen LogP contribution in [0.4, 0.5) is 5.82 Å². The molecule has 0 unspecified atom stereocenters. The van der Waals surface area contributed by atoms with Gasteiger partial charge in [-0.3, -0.25) is 14.7 Å². The number of aromatic nitrogens is 1. The van der Waals surface area contributed by atoms with Crippen molar-refractivity contribution in [2.45, 2.75) is 38.3 Å². The molecule has 194 valence electrons. The summed E-state index contributed by atoms with van der Waals surface area (Å²) in [5.74, 6) is 1.60. The number of rotatable bonds is 5. The summed E-state index contributed by atoms with van der Waals surface area (Å²) in [5, 5.41) is 13.8. The summed E-state index contributed by atoms with van der Waals surface area (Å²) in [6.07, 6.45) is 4.72. The highest BCUT2D eigenvalue weighted by Crippen LogP contribution is 2.30. The number of halogens is 2. The van der Waals surface area contributed by atoms with Crippen molar-refractivity contribution in [2.24, 2.45) is 4.99 Å². The summed E-state index contributed by atoms with van der Waals surface area (Å²) in [6, 6.07) is 9.76. The number of amidine groups is 1. The van der Waals surface area contributed by atoms with E-state index >= 15 is 0 Å². The largest absolute Gasteiger partial charge is 0.368 e. The van der Waals surface area contributed by atoms with Crippen molar-refractivity contribution < 1.29 is 4.79 Å². The van der Waals surface area contributed by atoms with E-state index in [0.29, 0.717) is 46.3 Å². The van der Waals surface area contributed by atoms with Gasteiger partial charge in [0.15, 0.2) is 0 Å². The van der Waals surface area contributed by atoms with Gasteiger partial charge >= 0.3 is 0 Å². The van der Waals surface area contributed by atoms with Crippen molar-refractivity contribution in [2.75, 3.05) is 50.7 Å². The number of amides is 1. The maximum Gasteiger partial charge on any atom is 0.255 e. The molecule has 0 aliphatic carbocycles. The van der Waals surface area contributed by atoms with Gasteiger partial charge in [-0.05, 0) is 43.5 Å². The quantitative estimate of drug-likeness (QED) is 0.621. The molecule has 2 saturated heterocycles. The number of nitrogens with zero attached hydrogens (tertiary/aromatic N) is 6. The second-order valence-electron chi connectivity index (χ2n) is 9.76. The van der Waals surface area contributed by atoms with Crippen LogP contribution < -0.4 is 10.2 Å². The molecule has 0 radical (unpaired) electrons. The fourth-order valence-electron chi connectivity index (χ4n) is 5.66. The molecule has 2 fully saturated rings. The van der Waals surface area contributed by atoms with E-state index in [2.05, 4.69) is 33.1 Å². The molecule has 0 spiro atoms. The smallest absolute Gasteiger partial charge is 0.255 e. The highest BCUT2D eigenvalue weighted by Gasteiger charge is 2.35. The number of anilines is 1. The SMILES string of the molecule is CC[C@H]1CN(c2ncc(C3=NCCN3)cc2Cl)CCN1C1CCN(C(=O)c2ccc(Cl)cc2C#N)CC1. The van der Waals surface area contributed by atoms with Crippen LogP contribution in [-0.2, 0) is 0 Å². The van der Waals surface area contributed by atoms with Crippen molar-refractivity contribution >= 4 is 40.8 Å². The fraction of sp³-hybridized carbons (Fsp3) is 0.481. The molecule has 5 rings (SSSR count). The first-order valence-corrected chi connectivity index (χ1v) is 13.7. The van der Waals surface area contributed by atoms with Crippen LogP contribution in [0.5, 0.6) is 0 Å². The normalized spacial score (nSPS) is 20.9. The molecule has 1 amide bonds. The van der Waals surface area contributed by atoms with E-state index in [0.717, 1.165) is 69.2 Å². The number of aliphatic imine (C=N–C) groups is 1. The lowest BCUT2D eigenvalue weighted by Crippen LogP contribution is -2.58. The van der Waals surface area contributed by atoms with Crippen molar-refractivity contribution in [3.8, 4) is 6.07 Å². The van der Waals surface area contributed by atoms with Crippen molar-refractivity contribution in [1.82, 2.24) is 20.1 Å². The molecule has 1 aromatic heterocycles. The first-order valence-electron chi connectivity index (χ1n) is 12.9. The summed E-state index contributed by atoms with van der Waals surface area (Å²) >= 11 is 12.7. The monoisotopic (exact) mass is 539 g/mol. The van der Waals surface area contributed by atoms with E-state index < -0.39 is 0 Å². The second kappa shape index (κ2) is 11.3. The highest BCUT2D eigenvalue weighted by atomic mass is 35.5. The minimum Gasteiger partial charge on any atom is -0.368 e. The zero-order chi connectivity index (χ0) is 25.9. The van der Waals surface area contributed by atoms with Crippen LogP contribution in [0.25, 0.3) is 0 Å². The van der Waals surface area contributed by atoms with Gasteiger partial charge in [-0.2, -0.15) is 5.26 Å². The number of nitrogens with one attached hydrogen (secondary N) is 1. The number of hydrogen-bond acceptors (Lipinski definition) is 7. The van der Waals surface area contributed by atoms with Gasteiger partial charge < -0.3 is 15.1 Å². The van der Waals surface area contributed by atoms with Crippen LogP contribution in [0.1, 0.15) is 47.7 Å². The molecule has 0 saturated carbocycles. The third-order valence-corrected chi connectivity index (χ3v) is 8.13. The molecule has 1 aromatic carbocycles. The zero-order valence-corrected chi connectivity index (χ0v) is 22.5. The zero-order valence-electron chi connectivity index (χ0n) is 21.0. The summed E-state index contributed by atoms with van der Waals surface area (Å²) in [7, 11) is 0. The predicted octanol–water partition coefficient (Wildman–Crippen LogP) is 3.82. The lowest BCUT2D eigenvalue weighted by molar-refractivity contribution is 0.0490. The van der Waals surface area contributed by atoms with Gasteiger partial charge in [0.25, 0.3) is 5.91 Å². The molecule has 1 N–H and O–H groups in total. The van der Waals surface area contributed by atoms with Gasteiger partial charge in [0.05, 0.1) is 22.7 Å². The number of carbonyl (C=O) groups excluding carboxylic acids is 1. The Morgan fingerprint density at radius 1 is 1.19 bits per heavy atom. The summed E-state index contributed by atoms with van der Waals surface area (Å²) in [5.41, 5.74) is 1.69. The molecular weight excluding hydrogens is 509 g/mol. The van der Waals surface area contributed by atoms with Gasteiger partial charge in [0, 0.05) is 68.1 Å². The molecule has 3 aliphatic rings. The average Bonchev–Trinajstić information content (AvgIpc) is 3.47. The van der Waals surface area contributed by atoms with Crippen LogP contribution in [0.15, 0.2) is 35.5 Å². The summed E-state index contributed by atoms with van der Waals surface area (Å²) in [6.45, 7) is 7.88. The molecule has 3 aliphatic heterocycles. The summed E-state index contributed by atoms with van der Waals surface area (Å²) < 4.78 is 0. The Bertz CT molecular complexity index is 1240. The van der Waals surface area contributed by atoms with E-state index in [1.54, 1.807) is 18.2 Å². The number of carbonyl (C=O) groups is 1. The van der Waals surface area contributed by atoms with E-state index in [1.165, 1.54) is 0 Å². The number of likely N-dealkylation sites (tertiary alicyclic amines) is 1. The van der Waals surface area contributed by atoms with Gasteiger partial charge in [-0.1, -0.05) is 30.1 Å². The number of nitriles is 1. The molecule has 8 nitrogen and oxygen atoms in total. The highest BCUT2D eigenvalue weighted by molar-refractivity contribution is 6.33. The van der Waals surface area contributed by atoms with Gasteiger partial charge in [-0.25, -0.2) is 4.98 Å². The Morgan fingerprint density at radius 3 is 2.68 bits per heavy atom. The Balaban J connectivity index is 1.21. The topological polar surface area (TPSA) is 87.9 Å². The predicted molar refractivity (Wildman–Crippen MR) is 147 cm³/mol. The van der Waals surface area contributed by atoms with Crippen LogP contribution >= 0.6 is 23.2 Å². The van der Waals surface area contributed by atoms with E-state index in [9.17, 15) is 10.1 Å². The Hall–Kier alpha value is -2.86. The van der Waals surface area contributed by atoms with Gasteiger partial charge in [0.1, 0.15) is 17.7 Å². The third kappa shape index (κ3) is 5.40. The summed E-state index contributed by atoms with van der Waals surface area (Å²) in [4.78, 5) is 29.1. The average molecular weight is 540 g/mol. The standard InChI is InChI=1S/C27H31Cl2N7O/c1-2-21-17-35(26-24(29)14-19(16-33-26)25-31-7-8-32-25)11-12-36(21)22-5-9-34(10-6-22)27(37)23-4-3-20(28)13-18(23)15-30/h3-4,13-14,16,21-22H,2,5-12,17H2,1H3,(H,31,32)/t21-/m0/s1. The lowest BCUT2D eigenvalue weighted by atomic mass is 9.97. The molecule has 1 atom stereocenters. The number of piperidine rings is 1. The van der Waals surface area contributed by atoms with E-state index in [4.69, 9.17) is 28.2 Å². The maximum absolute atomic E-state index is 13.1. The Morgan fingerprint density at radius 2 is 2.00 bits per heavy atom. The van der Waals surface area contributed by atoms with E-state index in [-0.39, 0.29) is 5.91 Å². The number of pyridine rings is 1. The second-order valence-corrected chi connectivity index (χ2v) is 10.6. The molecule has 2 aromatic rings. The van der Waals surface area contributed by atoms with Crippen LogP contribution in [-0.4, -0.2) is 84.4 Å². The van der Waals surface area contributed by atoms with Crippen LogP contribution in [0.2, 0.25) is 10.0 Å². The Kier molecular flexibility index (Phi) is 7.84. The minimum absolute atomic E-state index is 0.0912. The molecular formula is C27H31Cl2N7O. The van der Waals surface area contributed by atoms with Gasteiger partial charge in [0.2, 0.25) is 0 Å². The maximum atomic E-state index is 13.1. The number of hydrogen-bond donors (Lipinski definition) is 1.